The van der Waals surface area contributed by atoms with Crippen molar-refractivity contribution in [1.29, 1.82) is 0 Å². The third kappa shape index (κ3) is 2.81. The van der Waals surface area contributed by atoms with Crippen LogP contribution in [0.4, 0.5) is 10.1 Å². The quantitative estimate of drug-likeness (QED) is 0.697. The third-order valence-corrected chi connectivity index (χ3v) is 3.85. The van der Waals surface area contributed by atoms with E-state index in [0.717, 1.165) is 10.8 Å². The molecule has 0 aliphatic rings. The molecule has 3 rings (SSSR count). The molecular weight excluding hydrogens is 333 g/mol. The van der Waals surface area contributed by atoms with E-state index in [-0.39, 0.29) is 5.91 Å². The van der Waals surface area contributed by atoms with Crippen LogP contribution in [0, 0.1) is 5.82 Å². The van der Waals surface area contributed by atoms with Gasteiger partial charge in [-0.2, -0.15) is 0 Å². The Morgan fingerprint density at radius 1 is 1.00 bits per heavy atom. The van der Waals surface area contributed by atoms with Gasteiger partial charge in [-0.25, -0.2) is 4.39 Å². The van der Waals surface area contributed by atoms with E-state index in [0.29, 0.717) is 15.7 Å². The SMILES string of the molecule is O=C(Nc1ccc(Br)c(F)c1)c1cccc2ccccc12. The van der Waals surface area contributed by atoms with Crippen molar-refractivity contribution in [1.82, 2.24) is 0 Å². The number of carbonyl (C=O) groups excluding carboxylic acids is 1. The van der Waals surface area contributed by atoms with Crippen molar-refractivity contribution in [3.05, 3.63) is 76.5 Å². The standard InChI is InChI=1S/C17H11BrFNO/c18-15-9-8-12(10-16(15)19)20-17(21)14-7-3-5-11-4-1-2-6-13(11)14/h1-10H,(H,20,21). The summed E-state index contributed by atoms with van der Waals surface area (Å²) in [6.45, 7) is 0. The lowest BCUT2D eigenvalue weighted by molar-refractivity contribution is 0.102. The van der Waals surface area contributed by atoms with Crippen molar-refractivity contribution in [3.8, 4) is 0 Å². The molecule has 4 heteroatoms. The summed E-state index contributed by atoms with van der Waals surface area (Å²) in [5, 5.41) is 4.58. The molecule has 0 fully saturated rings. The Morgan fingerprint density at radius 2 is 1.76 bits per heavy atom. The van der Waals surface area contributed by atoms with Gasteiger partial charge in [0.15, 0.2) is 0 Å². The molecule has 0 heterocycles. The van der Waals surface area contributed by atoms with E-state index >= 15 is 0 Å². The van der Waals surface area contributed by atoms with E-state index in [1.165, 1.54) is 6.07 Å². The van der Waals surface area contributed by atoms with Gasteiger partial charge < -0.3 is 5.32 Å². The molecule has 0 saturated carbocycles. The highest BCUT2D eigenvalue weighted by Crippen LogP contribution is 2.22. The Labute approximate surface area is 129 Å². The molecule has 1 amide bonds. The van der Waals surface area contributed by atoms with E-state index in [1.807, 2.05) is 36.4 Å². The summed E-state index contributed by atoms with van der Waals surface area (Å²) in [4.78, 5) is 12.4. The molecule has 0 saturated heterocycles. The van der Waals surface area contributed by atoms with Crippen LogP contribution < -0.4 is 5.32 Å². The summed E-state index contributed by atoms with van der Waals surface area (Å²) in [5.41, 5.74) is 0.991. The molecule has 0 aliphatic heterocycles. The first-order chi connectivity index (χ1) is 10.1. The number of carbonyl (C=O) groups is 1. The lowest BCUT2D eigenvalue weighted by Crippen LogP contribution is -2.12. The van der Waals surface area contributed by atoms with Crippen LogP contribution in [0.1, 0.15) is 10.4 Å². The molecule has 0 bridgehead atoms. The van der Waals surface area contributed by atoms with Gasteiger partial charge >= 0.3 is 0 Å². The van der Waals surface area contributed by atoms with Gasteiger partial charge in [-0.05, 0) is 51.0 Å². The van der Waals surface area contributed by atoms with Crippen LogP contribution in [-0.2, 0) is 0 Å². The summed E-state index contributed by atoms with van der Waals surface area (Å²) in [6.07, 6.45) is 0. The summed E-state index contributed by atoms with van der Waals surface area (Å²) < 4.78 is 13.9. The Kier molecular flexibility index (Phi) is 3.71. The van der Waals surface area contributed by atoms with E-state index in [4.69, 9.17) is 0 Å². The average molecular weight is 344 g/mol. The van der Waals surface area contributed by atoms with Gasteiger partial charge in [0.25, 0.3) is 5.91 Å². The number of fused-ring (bicyclic) bond motifs is 1. The molecule has 3 aromatic rings. The minimum Gasteiger partial charge on any atom is -0.322 e. The lowest BCUT2D eigenvalue weighted by Gasteiger charge is -2.08. The van der Waals surface area contributed by atoms with Crippen LogP contribution in [0.5, 0.6) is 0 Å². The fourth-order valence-electron chi connectivity index (χ4n) is 2.20. The molecule has 0 spiro atoms. The minimum atomic E-state index is -0.411. The highest BCUT2D eigenvalue weighted by Gasteiger charge is 2.10. The second-order valence-corrected chi connectivity index (χ2v) is 5.46. The predicted molar refractivity (Wildman–Crippen MR) is 86.0 cm³/mol. The molecule has 0 radical (unpaired) electrons. The van der Waals surface area contributed by atoms with Crippen molar-refractivity contribution >= 4 is 38.3 Å². The van der Waals surface area contributed by atoms with E-state index in [9.17, 15) is 9.18 Å². The smallest absolute Gasteiger partial charge is 0.256 e. The van der Waals surface area contributed by atoms with Crippen LogP contribution in [-0.4, -0.2) is 5.91 Å². The molecule has 104 valence electrons. The van der Waals surface area contributed by atoms with Gasteiger partial charge in [-0.3, -0.25) is 4.79 Å². The largest absolute Gasteiger partial charge is 0.322 e. The van der Waals surface area contributed by atoms with E-state index in [2.05, 4.69) is 21.2 Å². The third-order valence-electron chi connectivity index (χ3n) is 3.21. The molecule has 0 unspecified atom stereocenters. The Bertz CT molecular complexity index is 827. The van der Waals surface area contributed by atoms with Gasteiger partial charge in [0.05, 0.1) is 4.47 Å². The number of halogens is 2. The molecule has 0 aliphatic carbocycles. The monoisotopic (exact) mass is 343 g/mol. The van der Waals surface area contributed by atoms with Crippen molar-refractivity contribution in [2.75, 3.05) is 5.32 Å². The van der Waals surface area contributed by atoms with Crippen molar-refractivity contribution < 1.29 is 9.18 Å². The summed E-state index contributed by atoms with van der Waals surface area (Å²) in [5.74, 6) is -0.667. The normalized spacial score (nSPS) is 10.6. The molecule has 0 atom stereocenters. The number of anilines is 1. The van der Waals surface area contributed by atoms with Crippen LogP contribution in [0.3, 0.4) is 0 Å². The van der Waals surface area contributed by atoms with Crippen molar-refractivity contribution in [3.63, 3.8) is 0 Å². The van der Waals surface area contributed by atoms with E-state index in [1.54, 1.807) is 18.2 Å². The number of nitrogens with one attached hydrogen (secondary N) is 1. The van der Waals surface area contributed by atoms with Gasteiger partial charge in [0.1, 0.15) is 5.82 Å². The zero-order valence-corrected chi connectivity index (χ0v) is 12.5. The number of rotatable bonds is 2. The highest BCUT2D eigenvalue weighted by atomic mass is 79.9. The summed E-state index contributed by atoms with van der Waals surface area (Å²) >= 11 is 3.09. The lowest BCUT2D eigenvalue weighted by atomic mass is 10.0. The molecular formula is C17H11BrFNO. The van der Waals surface area contributed by atoms with Crippen LogP contribution in [0.15, 0.2) is 65.1 Å². The Balaban J connectivity index is 1.95. The molecule has 21 heavy (non-hydrogen) atoms. The molecule has 1 N–H and O–H groups in total. The predicted octanol–water partition coefficient (Wildman–Crippen LogP) is 4.99. The van der Waals surface area contributed by atoms with Gasteiger partial charge in [0, 0.05) is 11.3 Å². The first kappa shape index (κ1) is 13.8. The topological polar surface area (TPSA) is 29.1 Å². The van der Waals surface area contributed by atoms with Crippen LogP contribution in [0.2, 0.25) is 0 Å². The van der Waals surface area contributed by atoms with Gasteiger partial charge in [-0.15, -0.1) is 0 Å². The number of hydrogen-bond acceptors (Lipinski definition) is 1. The minimum absolute atomic E-state index is 0.256. The molecule has 3 aromatic carbocycles. The zero-order valence-electron chi connectivity index (χ0n) is 10.9. The van der Waals surface area contributed by atoms with E-state index < -0.39 is 5.82 Å². The average Bonchev–Trinajstić information content (AvgIpc) is 2.50. The Morgan fingerprint density at radius 3 is 2.57 bits per heavy atom. The number of benzene rings is 3. The first-order valence-corrected chi connectivity index (χ1v) is 7.18. The van der Waals surface area contributed by atoms with Crippen molar-refractivity contribution in [2.24, 2.45) is 0 Å². The fourth-order valence-corrected chi connectivity index (χ4v) is 2.44. The second kappa shape index (κ2) is 5.66. The maximum Gasteiger partial charge on any atom is 0.256 e. The highest BCUT2D eigenvalue weighted by molar-refractivity contribution is 9.10. The van der Waals surface area contributed by atoms with Crippen LogP contribution >= 0.6 is 15.9 Å². The Hall–Kier alpha value is -2.20. The maximum absolute atomic E-state index is 13.5. The molecule has 2 nitrogen and oxygen atoms in total. The van der Waals surface area contributed by atoms with Gasteiger partial charge in [0.2, 0.25) is 0 Å². The fraction of sp³-hybridized carbons (Fsp3) is 0. The zero-order chi connectivity index (χ0) is 14.8. The second-order valence-electron chi connectivity index (χ2n) is 4.61. The summed E-state index contributed by atoms with van der Waals surface area (Å²) in [6, 6.07) is 17.7. The van der Waals surface area contributed by atoms with Crippen LogP contribution in [0.25, 0.3) is 10.8 Å². The van der Waals surface area contributed by atoms with Gasteiger partial charge in [-0.1, -0.05) is 36.4 Å². The number of hydrogen-bond donors (Lipinski definition) is 1. The number of amides is 1. The first-order valence-electron chi connectivity index (χ1n) is 6.39. The molecule has 0 aromatic heterocycles. The maximum atomic E-state index is 13.5. The summed E-state index contributed by atoms with van der Waals surface area (Å²) in [7, 11) is 0. The van der Waals surface area contributed by atoms with Crippen molar-refractivity contribution in [2.45, 2.75) is 0 Å².